The lowest BCUT2D eigenvalue weighted by Gasteiger charge is -2.35. The second-order valence-electron chi connectivity index (χ2n) is 17.1. The van der Waals surface area contributed by atoms with Gasteiger partial charge in [-0.15, -0.1) is 0 Å². The first-order valence-corrected chi connectivity index (χ1v) is 20.1. The number of carbonyl (C=O) groups excluding carboxylic acids is 5. The molecule has 2 saturated carbocycles. The van der Waals surface area contributed by atoms with Crippen LogP contribution in [-0.4, -0.2) is 90.3 Å². The molecule has 15 heteroatoms. The van der Waals surface area contributed by atoms with E-state index in [2.05, 4.69) is 21.4 Å². The SMILES string of the molecule is CC[C@H]1C[C@]1(NC(=O)[C@@H]1C[C@@H]2CN1C(=O)[C@H](C(C)(C)C)NC(=O)OCC(C)(C)CCCc1cccc3c1CN(C3)C(=O)O2)C(=O)NS(=O)(=O)C1CC1. The van der Waals surface area contributed by atoms with E-state index < -0.39 is 74.3 Å². The highest BCUT2D eigenvalue weighted by molar-refractivity contribution is 7.91. The number of alkyl carbamates (subject to hydrolysis) is 1. The molecule has 14 nitrogen and oxygen atoms in total. The van der Waals surface area contributed by atoms with Crippen molar-refractivity contribution in [3.8, 4) is 0 Å². The van der Waals surface area contributed by atoms with Crippen molar-refractivity contribution in [3.63, 3.8) is 0 Å². The summed E-state index contributed by atoms with van der Waals surface area (Å²) >= 11 is 0. The van der Waals surface area contributed by atoms with E-state index in [4.69, 9.17) is 9.47 Å². The zero-order valence-electron chi connectivity index (χ0n) is 31.1. The number of rotatable bonds is 6. The first-order valence-electron chi connectivity index (χ1n) is 18.5. The van der Waals surface area contributed by atoms with Crippen molar-refractivity contribution in [2.75, 3.05) is 13.2 Å². The van der Waals surface area contributed by atoms with Crippen LogP contribution in [0.1, 0.15) is 103 Å². The number of sulfonamides is 1. The highest BCUT2D eigenvalue weighted by atomic mass is 32.2. The number of fused-ring (bicyclic) bond motifs is 3. The molecular weight excluding hydrogens is 691 g/mol. The normalized spacial score (nSPS) is 29.5. The number of cyclic esters (lactones) is 1. The van der Waals surface area contributed by atoms with Gasteiger partial charge in [0.05, 0.1) is 18.4 Å². The van der Waals surface area contributed by atoms with Crippen molar-refractivity contribution in [1.29, 1.82) is 0 Å². The number of benzene rings is 1. The quantitative estimate of drug-likeness (QED) is 0.393. The Labute approximate surface area is 306 Å². The topological polar surface area (TPSA) is 181 Å². The van der Waals surface area contributed by atoms with Gasteiger partial charge in [-0.25, -0.2) is 18.0 Å². The van der Waals surface area contributed by atoms with Crippen molar-refractivity contribution in [2.45, 2.75) is 135 Å². The Morgan fingerprint density at radius 3 is 2.44 bits per heavy atom. The summed E-state index contributed by atoms with van der Waals surface area (Å²) in [7, 11) is -3.87. The molecule has 3 N–H and O–H groups in total. The van der Waals surface area contributed by atoms with E-state index in [1.165, 1.54) is 4.90 Å². The summed E-state index contributed by atoms with van der Waals surface area (Å²) in [6.07, 6.45) is 1.85. The van der Waals surface area contributed by atoms with Crippen LogP contribution in [0.2, 0.25) is 0 Å². The number of nitrogens with zero attached hydrogens (tertiary/aromatic N) is 2. The second-order valence-corrected chi connectivity index (χ2v) is 19.1. The summed E-state index contributed by atoms with van der Waals surface area (Å²) < 4.78 is 39.2. The summed E-state index contributed by atoms with van der Waals surface area (Å²) in [6.45, 7) is 12.0. The summed E-state index contributed by atoms with van der Waals surface area (Å²) in [5, 5.41) is 4.94. The largest absolute Gasteiger partial charge is 0.449 e. The Kier molecular flexibility index (Phi) is 10.1. The molecule has 3 fully saturated rings. The standard InChI is InChI=1S/C37H53N5O9S/c1-7-24-17-37(24,32(45)40-52(48,49)26-13-14-26)39-30(43)28-16-25-19-42(28)31(44)29(35(2,3)4)38-33(46)50-21-36(5,6)15-9-12-22-10-8-11-23-18-41(20-27(22)23)34(47)51-25/h8,10-11,24-26,28-29H,7,9,12-21H2,1-6H3,(H,38,46)(H,39,43)(H,40,45)/t24-,25+,28-,29+,37+/m0/s1. The smallest absolute Gasteiger partial charge is 0.410 e. The monoisotopic (exact) mass is 743 g/mol. The fourth-order valence-electron chi connectivity index (χ4n) is 7.81. The molecule has 5 amide bonds. The predicted octanol–water partition coefficient (Wildman–Crippen LogP) is 3.51. The molecule has 0 radical (unpaired) electrons. The number of carbonyl (C=O) groups is 5. The zero-order valence-corrected chi connectivity index (χ0v) is 31.9. The van der Waals surface area contributed by atoms with Gasteiger partial charge in [0.2, 0.25) is 21.8 Å². The van der Waals surface area contributed by atoms with E-state index >= 15 is 0 Å². The Morgan fingerprint density at radius 1 is 1.08 bits per heavy atom. The second kappa shape index (κ2) is 13.8. The van der Waals surface area contributed by atoms with Crippen LogP contribution >= 0.6 is 0 Å². The van der Waals surface area contributed by atoms with Crippen LogP contribution in [0, 0.1) is 16.7 Å². The molecule has 3 aliphatic heterocycles. The summed E-state index contributed by atoms with van der Waals surface area (Å²) in [6, 6.07) is 3.76. The van der Waals surface area contributed by atoms with E-state index in [-0.39, 0.29) is 37.3 Å². The molecule has 1 aromatic carbocycles. The van der Waals surface area contributed by atoms with Crippen LogP contribution in [0.3, 0.4) is 0 Å². The Balaban J connectivity index is 1.28. The van der Waals surface area contributed by atoms with Crippen molar-refractivity contribution >= 4 is 39.9 Å². The van der Waals surface area contributed by atoms with Crippen LogP contribution in [0.15, 0.2) is 18.2 Å². The maximum absolute atomic E-state index is 14.5. The summed E-state index contributed by atoms with van der Waals surface area (Å²) in [5.74, 6) is -2.34. The number of ether oxygens (including phenoxy) is 2. The maximum atomic E-state index is 14.5. The Bertz CT molecular complexity index is 1740. The first-order chi connectivity index (χ1) is 24.3. The number of nitrogens with one attached hydrogen (secondary N) is 3. The van der Waals surface area contributed by atoms with Crippen LogP contribution in [0.4, 0.5) is 9.59 Å². The summed E-state index contributed by atoms with van der Waals surface area (Å²) in [4.78, 5) is 72.0. The first kappa shape index (κ1) is 37.9. The molecule has 2 aliphatic carbocycles. The summed E-state index contributed by atoms with van der Waals surface area (Å²) in [5.41, 5.74) is 0.649. The lowest BCUT2D eigenvalue weighted by atomic mass is 9.85. The maximum Gasteiger partial charge on any atom is 0.410 e. The number of aryl methyl sites for hydroxylation is 1. The molecule has 0 aromatic heterocycles. The third kappa shape index (κ3) is 7.89. The number of hydrogen-bond acceptors (Lipinski definition) is 9. The third-order valence-corrected chi connectivity index (χ3v) is 13.1. The zero-order chi connectivity index (χ0) is 37.8. The molecule has 1 saturated heterocycles. The molecule has 6 rings (SSSR count). The van der Waals surface area contributed by atoms with Gasteiger partial charge < -0.3 is 25.0 Å². The molecule has 0 unspecified atom stereocenters. The van der Waals surface area contributed by atoms with Gasteiger partial charge in [0.1, 0.15) is 23.7 Å². The lowest BCUT2D eigenvalue weighted by molar-refractivity contribution is -0.143. The minimum atomic E-state index is -3.87. The highest BCUT2D eigenvalue weighted by Crippen LogP contribution is 2.47. The van der Waals surface area contributed by atoms with E-state index in [1.54, 1.807) is 25.7 Å². The minimum absolute atomic E-state index is 0.0558. The molecule has 4 bridgehead atoms. The van der Waals surface area contributed by atoms with Gasteiger partial charge in [-0.05, 0) is 72.0 Å². The fourth-order valence-corrected chi connectivity index (χ4v) is 9.17. The van der Waals surface area contributed by atoms with Gasteiger partial charge in [0.25, 0.3) is 5.91 Å². The van der Waals surface area contributed by atoms with Crippen molar-refractivity contribution in [1.82, 2.24) is 25.2 Å². The van der Waals surface area contributed by atoms with Crippen molar-refractivity contribution in [3.05, 3.63) is 34.9 Å². The van der Waals surface area contributed by atoms with E-state index in [0.717, 1.165) is 36.0 Å². The van der Waals surface area contributed by atoms with Gasteiger partial charge in [0.15, 0.2) is 0 Å². The molecule has 5 atom stereocenters. The fraction of sp³-hybridized carbons (Fsp3) is 0.703. The highest BCUT2D eigenvalue weighted by Gasteiger charge is 2.62. The van der Waals surface area contributed by atoms with Gasteiger partial charge in [-0.3, -0.25) is 24.0 Å². The molecule has 286 valence electrons. The predicted molar refractivity (Wildman–Crippen MR) is 190 cm³/mol. The molecule has 0 spiro atoms. The molecule has 5 aliphatic rings. The lowest BCUT2D eigenvalue weighted by Crippen LogP contribution is -2.60. The molecule has 3 heterocycles. The van der Waals surface area contributed by atoms with E-state index in [9.17, 15) is 32.4 Å². The van der Waals surface area contributed by atoms with E-state index in [0.29, 0.717) is 32.4 Å². The molecule has 52 heavy (non-hydrogen) atoms. The van der Waals surface area contributed by atoms with Crippen molar-refractivity contribution in [2.24, 2.45) is 16.7 Å². The van der Waals surface area contributed by atoms with Gasteiger partial charge in [0, 0.05) is 19.5 Å². The minimum Gasteiger partial charge on any atom is -0.449 e. The average molecular weight is 744 g/mol. The van der Waals surface area contributed by atoms with Crippen LogP contribution in [-0.2, 0) is 53.4 Å². The van der Waals surface area contributed by atoms with Crippen molar-refractivity contribution < 1.29 is 41.9 Å². The van der Waals surface area contributed by atoms with Gasteiger partial charge >= 0.3 is 12.2 Å². The van der Waals surface area contributed by atoms with Crippen LogP contribution in [0.25, 0.3) is 0 Å². The Morgan fingerprint density at radius 2 is 1.79 bits per heavy atom. The molecular formula is C37H53N5O9S. The third-order valence-electron chi connectivity index (χ3n) is 11.3. The van der Waals surface area contributed by atoms with Gasteiger partial charge in [-0.2, -0.15) is 0 Å². The average Bonchev–Trinajstić information content (AvgIpc) is 3.95. The van der Waals surface area contributed by atoms with Crippen LogP contribution in [0.5, 0.6) is 0 Å². The van der Waals surface area contributed by atoms with Crippen LogP contribution < -0.4 is 15.4 Å². The van der Waals surface area contributed by atoms with Gasteiger partial charge in [-0.1, -0.05) is 66.2 Å². The molecule has 1 aromatic rings. The van der Waals surface area contributed by atoms with E-state index in [1.807, 2.05) is 32.9 Å². The Hall–Kier alpha value is -3.88. The number of hydrogen-bond donors (Lipinski definition) is 3. The number of amides is 5.